The summed E-state index contributed by atoms with van der Waals surface area (Å²) in [6.45, 7) is 4.44. The van der Waals surface area contributed by atoms with Crippen molar-refractivity contribution < 1.29 is 9.53 Å². The Balaban J connectivity index is 2.61. The Bertz CT molecular complexity index is 361. The van der Waals surface area contributed by atoms with E-state index in [0.717, 1.165) is 12.8 Å². The van der Waals surface area contributed by atoms with E-state index in [1.54, 1.807) is 0 Å². The fraction of sp³-hybridized carbons (Fsp3) is 0.500. The molecule has 0 amide bonds. The van der Waals surface area contributed by atoms with Gasteiger partial charge >= 0.3 is 0 Å². The van der Waals surface area contributed by atoms with Gasteiger partial charge in [0.25, 0.3) is 0 Å². The normalized spacial score (nSPS) is 12.2. The second-order valence-electron chi connectivity index (χ2n) is 4.22. The van der Waals surface area contributed by atoms with Gasteiger partial charge in [-0.15, -0.1) is 0 Å². The number of carbonyl (C=O) groups excluding carboxylic acids is 1. The van der Waals surface area contributed by atoms with Gasteiger partial charge in [-0.25, -0.2) is 0 Å². The molecule has 0 saturated heterocycles. The van der Waals surface area contributed by atoms with Crippen molar-refractivity contribution in [2.75, 3.05) is 6.61 Å². The molecule has 1 rings (SSSR count). The Kier molecular flexibility index (Phi) is 5.70. The van der Waals surface area contributed by atoms with Crippen LogP contribution in [0.15, 0.2) is 24.3 Å². The van der Waals surface area contributed by atoms with Gasteiger partial charge in [-0.05, 0) is 38.8 Å². The molecule has 0 aliphatic rings. The van der Waals surface area contributed by atoms with Crippen LogP contribution in [0.25, 0.3) is 0 Å². The fourth-order valence-corrected chi connectivity index (χ4v) is 1.70. The number of para-hydroxylation sites is 1. The highest BCUT2D eigenvalue weighted by Gasteiger charge is 2.11. The third-order valence-electron chi connectivity index (χ3n) is 2.55. The number of Topliss-reactive ketones (excluding diaryl/α,β-unsaturated/α-hetero) is 1. The lowest BCUT2D eigenvalue weighted by Gasteiger charge is -2.09. The zero-order valence-corrected chi connectivity index (χ0v) is 10.6. The highest BCUT2D eigenvalue weighted by Crippen LogP contribution is 2.20. The molecule has 1 aromatic rings. The van der Waals surface area contributed by atoms with E-state index in [-0.39, 0.29) is 11.8 Å². The molecule has 0 aliphatic carbocycles. The maximum absolute atomic E-state index is 12.0. The zero-order valence-electron chi connectivity index (χ0n) is 10.6. The molecule has 17 heavy (non-hydrogen) atoms. The molecule has 0 saturated carbocycles. The van der Waals surface area contributed by atoms with Crippen LogP contribution in [0.1, 0.15) is 43.5 Å². The van der Waals surface area contributed by atoms with Crippen molar-refractivity contribution in [3.05, 3.63) is 29.8 Å². The summed E-state index contributed by atoms with van der Waals surface area (Å²) >= 11 is 0. The average Bonchev–Trinajstić information content (AvgIpc) is 2.29. The van der Waals surface area contributed by atoms with Crippen LogP contribution >= 0.6 is 0 Å². The second-order valence-corrected chi connectivity index (χ2v) is 4.22. The van der Waals surface area contributed by atoms with Crippen LogP contribution in [-0.4, -0.2) is 18.4 Å². The van der Waals surface area contributed by atoms with E-state index in [1.165, 1.54) is 0 Å². The predicted octanol–water partition coefficient (Wildman–Crippen LogP) is 2.79. The van der Waals surface area contributed by atoms with Crippen LogP contribution in [0.2, 0.25) is 0 Å². The fourth-order valence-electron chi connectivity index (χ4n) is 1.70. The monoisotopic (exact) mass is 235 g/mol. The number of ketones is 1. The predicted molar refractivity (Wildman–Crippen MR) is 69.4 cm³/mol. The summed E-state index contributed by atoms with van der Waals surface area (Å²) in [4.78, 5) is 12.0. The minimum absolute atomic E-state index is 0.134. The topological polar surface area (TPSA) is 52.3 Å². The molecule has 3 heteroatoms. The minimum atomic E-state index is 0.134. The molecule has 0 fully saturated rings. The van der Waals surface area contributed by atoms with E-state index in [0.29, 0.717) is 24.3 Å². The van der Waals surface area contributed by atoms with Crippen LogP contribution in [0.5, 0.6) is 5.75 Å². The molecule has 3 nitrogen and oxygen atoms in total. The Morgan fingerprint density at radius 2 is 2.12 bits per heavy atom. The van der Waals surface area contributed by atoms with Gasteiger partial charge in [0.1, 0.15) is 5.75 Å². The first-order valence-corrected chi connectivity index (χ1v) is 6.15. The van der Waals surface area contributed by atoms with E-state index < -0.39 is 0 Å². The van der Waals surface area contributed by atoms with Crippen LogP contribution in [0, 0.1) is 0 Å². The average molecular weight is 235 g/mol. The highest BCUT2D eigenvalue weighted by atomic mass is 16.5. The first-order valence-electron chi connectivity index (χ1n) is 6.15. The number of benzene rings is 1. The van der Waals surface area contributed by atoms with Crippen molar-refractivity contribution in [2.45, 2.75) is 39.2 Å². The van der Waals surface area contributed by atoms with Crippen LogP contribution in [-0.2, 0) is 0 Å². The molecule has 0 radical (unpaired) electrons. The SMILES string of the molecule is CCOc1ccccc1C(=O)CCCC(C)N. The molecule has 0 spiro atoms. The van der Waals surface area contributed by atoms with Crippen LogP contribution in [0.4, 0.5) is 0 Å². The van der Waals surface area contributed by atoms with Gasteiger partial charge in [0.2, 0.25) is 0 Å². The largest absolute Gasteiger partial charge is 0.493 e. The quantitative estimate of drug-likeness (QED) is 0.739. The number of rotatable bonds is 7. The van der Waals surface area contributed by atoms with E-state index in [4.69, 9.17) is 10.5 Å². The molecular formula is C14H21NO2. The van der Waals surface area contributed by atoms with Gasteiger partial charge < -0.3 is 10.5 Å². The third-order valence-corrected chi connectivity index (χ3v) is 2.55. The number of hydrogen-bond donors (Lipinski definition) is 1. The highest BCUT2D eigenvalue weighted by molar-refractivity contribution is 5.98. The number of nitrogens with two attached hydrogens (primary N) is 1. The summed E-state index contributed by atoms with van der Waals surface area (Å²) in [6.07, 6.45) is 2.24. The lowest BCUT2D eigenvalue weighted by molar-refractivity contribution is 0.0975. The zero-order chi connectivity index (χ0) is 12.7. The van der Waals surface area contributed by atoms with Crippen molar-refractivity contribution in [2.24, 2.45) is 5.73 Å². The van der Waals surface area contributed by atoms with E-state index >= 15 is 0 Å². The summed E-state index contributed by atoms with van der Waals surface area (Å²) in [5.74, 6) is 0.815. The van der Waals surface area contributed by atoms with Crippen molar-refractivity contribution >= 4 is 5.78 Å². The molecule has 2 N–H and O–H groups in total. The summed E-state index contributed by atoms with van der Waals surface area (Å²) in [6, 6.07) is 7.55. The first kappa shape index (κ1) is 13.7. The smallest absolute Gasteiger partial charge is 0.166 e. The van der Waals surface area contributed by atoms with Gasteiger partial charge in [0.15, 0.2) is 5.78 Å². The molecule has 0 aromatic heterocycles. The minimum Gasteiger partial charge on any atom is -0.493 e. The van der Waals surface area contributed by atoms with Crippen LogP contribution in [0.3, 0.4) is 0 Å². The number of ether oxygens (including phenoxy) is 1. The molecule has 1 unspecified atom stereocenters. The first-order chi connectivity index (χ1) is 8.15. The lowest BCUT2D eigenvalue weighted by atomic mass is 10.0. The lowest BCUT2D eigenvalue weighted by Crippen LogP contribution is -2.15. The molecular weight excluding hydrogens is 214 g/mol. The standard InChI is InChI=1S/C14H21NO2/c1-3-17-14-10-5-4-8-12(14)13(16)9-6-7-11(2)15/h4-5,8,10-11H,3,6-7,9,15H2,1-2H3. The molecule has 94 valence electrons. The summed E-state index contributed by atoms with van der Waals surface area (Å²) in [5, 5.41) is 0. The maximum Gasteiger partial charge on any atom is 0.166 e. The van der Waals surface area contributed by atoms with Crippen molar-refractivity contribution in [1.29, 1.82) is 0 Å². The van der Waals surface area contributed by atoms with Gasteiger partial charge in [0.05, 0.1) is 12.2 Å². The molecule has 1 atom stereocenters. The molecule has 0 aliphatic heterocycles. The number of carbonyl (C=O) groups is 1. The Morgan fingerprint density at radius 1 is 1.41 bits per heavy atom. The number of hydrogen-bond acceptors (Lipinski definition) is 3. The van der Waals surface area contributed by atoms with Gasteiger partial charge in [-0.2, -0.15) is 0 Å². The Morgan fingerprint density at radius 3 is 2.76 bits per heavy atom. The molecule has 0 heterocycles. The molecule has 0 bridgehead atoms. The Hall–Kier alpha value is -1.35. The molecule has 1 aromatic carbocycles. The van der Waals surface area contributed by atoms with Crippen LogP contribution < -0.4 is 10.5 Å². The van der Waals surface area contributed by atoms with E-state index in [2.05, 4.69) is 0 Å². The second kappa shape index (κ2) is 7.07. The summed E-state index contributed by atoms with van der Waals surface area (Å²) < 4.78 is 5.44. The van der Waals surface area contributed by atoms with Gasteiger partial charge in [0, 0.05) is 12.5 Å². The summed E-state index contributed by atoms with van der Waals surface area (Å²) in [7, 11) is 0. The maximum atomic E-state index is 12.0. The van der Waals surface area contributed by atoms with Gasteiger partial charge in [-0.1, -0.05) is 12.1 Å². The Labute approximate surface area is 103 Å². The third kappa shape index (κ3) is 4.57. The van der Waals surface area contributed by atoms with Gasteiger partial charge in [-0.3, -0.25) is 4.79 Å². The van der Waals surface area contributed by atoms with E-state index in [9.17, 15) is 4.79 Å². The summed E-state index contributed by atoms with van der Waals surface area (Å²) in [5.41, 5.74) is 6.34. The van der Waals surface area contributed by atoms with E-state index in [1.807, 2.05) is 38.1 Å². The van der Waals surface area contributed by atoms with Crippen molar-refractivity contribution in [3.8, 4) is 5.75 Å². The van der Waals surface area contributed by atoms with Crippen molar-refractivity contribution in [3.63, 3.8) is 0 Å². The van der Waals surface area contributed by atoms with Crippen molar-refractivity contribution in [1.82, 2.24) is 0 Å².